The number of benzene rings is 1. The number of aromatic nitrogens is 1. The molecule has 1 aliphatic heterocycles. The number of carbonyl (C=O) groups is 3. The van der Waals surface area contributed by atoms with Crippen LogP contribution in [0.4, 0.5) is 0 Å². The maximum Gasteiger partial charge on any atom is 0.338 e. The summed E-state index contributed by atoms with van der Waals surface area (Å²) in [5, 5.41) is 2.48. The normalized spacial score (nSPS) is 15.4. The number of hydrogen-bond donors (Lipinski definition) is 2. The maximum atomic E-state index is 12.1. The number of ether oxygens (including phenoxy) is 3. The summed E-state index contributed by atoms with van der Waals surface area (Å²) in [6.07, 6.45) is 2.19. The zero-order valence-corrected chi connectivity index (χ0v) is 17.3. The maximum absolute atomic E-state index is 12.1. The second-order valence-electron chi connectivity index (χ2n) is 6.70. The lowest BCUT2D eigenvalue weighted by molar-refractivity contribution is -0.130. The number of esters is 1. The van der Waals surface area contributed by atoms with Crippen LogP contribution in [0, 0.1) is 6.92 Å². The highest BCUT2D eigenvalue weighted by atomic mass is 32.1. The van der Waals surface area contributed by atoms with Gasteiger partial charge in [0.1, 0.15) is 17.4 Å². The Hall–Kier alpha value is -2.98. The van der Waals surface area contributed by atoms with Gasteiger partial charge in [0, 0.05) is 17.7 Å². The molecular weight excluding hydrogens is 410 g/mol. The molecule has 10 heteroatoms. The lowest BCUT2D eigenvalue weighted by Crippen LogP contribution is -2.44. The third kappa shape index (κ3) is 6.82. The average molecular weight is 433 g/mol. The number of carbonyl (C=O) groups excluding carboxylic acids is 3. The van der Waals surface area contributed by atoms with E-state index in [4.69, 9.17) is 14.2 Å². The number of nitrogens with one attached hydrogen (secondary N) is 2. The van der Waals surface area contributed by atoms with Gasteiger partial charge in [-0.3, -0.25) is 20.4 Å². The molecule has 0 spiro atoms. The Kier molecular flexibility index (Phi) is 7.75. The van der Waals surface area contributed by atoms with E-state index >= 15 is 0 Å². The van der Waals surface area contributed by atoms with E-state index in [0.717, 1.165) is 25.1 Å². The highest BCUT2D eigenvalue weighted by Crippen LogP contribution is 2.17. The van der Waals surface area contributed by atoms with Gasteiger partial charge < -0.3 is 14.2 Å². The molecule has 2 N–H and O–H groups in total. The van der Waals surface area contributed by atoms with Crippen LogP contribution >= 0.6 is 11.3 Å². The van der Waals surface area contributed by atoms with E-state index in [1.165, 1.54) is 11.3 Å². The van der Waals surface area contributed by atoms with Crippen LogP contribution in [0.15, 0.2) is 29.6 Å². The summed E-state index contributed by atoms with van der Waals surface area (Å²) in [6, 6.07) is 6.43. The summed E-state index contributed by atoms with van der Waals surface area (Å²) < 4.78 is 16.1. The number of rotatable bonds is 8. The SMILES string of the molecule is Cc1csc(CC(=O)NNC(=O)COC(=O)c2ccc(OCC3CCCO3)cc2)n1. The van der Waals surface area contributed by atoms with E-state index in [-0.39, 0.29) is 18.1 Å². The van der Waals surface area contributed by atoms with Crippen molar-refractivity contribution in [2.75, 3.05) is 19.8 Å². The molecule has 2 amide bonds. The van der Waals surface area contributed by atoms with E-state index < -0.39 is 24.4 Å². The lowest BCUT2D eigenvalue weighted by atomic mass is 10.2. The molecule has 1 aromatic heterocycles. The molecule has 0 saturated carbocycles. The van der Waals surface area contributed by atoms with Crippen molar-refractivity contribution in [2.24, 2.45) is 0 Å². The van der Waals surface area contributed by atoms with Gasteiger partial charge in [-0.2, -0.15) is 0 Å². The van der Waals surface area contributed by atoms with Crippen LogP contribution in [0.3, 0.4) is 0 Å². The molecule has 1 aliphatic rings. The number of amides is 2. The van der Waals surface area contributed by atoms with Crippen molar-refractivity contribution in [2.45, 2.75) is 32.3 Å². The van der Waals surface area contributed by atoms with Gasteiger partial charge in [-0.1, -0.05) is 0 Å². The van der Waals surface area contributed by atoms with E-state index in [1.54, 1.807) is 24.3 Å². The number of hydrogen-bond acceptors (Lipinski definition) is 8. The quantitative estimate of drug-likeness (QED) is 0.479. The highest BCUT2D eigenvalue weighted by molar-refractivity contribution is 7.09. The van der Waals surface area contributed by atoms with Gasteiger partial charge in [-0.25, -0.2) is 9.78 Å². The predicted octanol–water partition coefficient (Wildman–Crippen LogP) is 1.56. The van der Waals surface area contributed by atoms with E-state index in [9.17, 15) is 14.4 Å². The Morgan fingerprint density at radius 2 is 1.97 bits per heavy atom. The fourth-order valence-corrected chi connectivity index (χ4v) is 3.48. The summed E-state index contributed by atoms with van der Waals surface area (Å²) in [4.78, 5) is 39.7. The van der Waals surface area contributed by atoms with Crippen LogP contribution in [0.1, 0.15) is 33.9 Å². The van der Waals surface area contributed by atoms with Gasteiger partial charge in [0.2, 0.25) is 5.91 Å². The molecule has 0 radical (unpaired) electrons. The second-order valence-corrected chi connectivity index (χ2v) is 7.64. The molecule has 2 aromatic rings. The van der Waals surface area contributed by atoms with Crippen molar-refractivity contribution < 1.29 is 28.6 Å². The molecular formula is C20H23N3O6S. The zero-order chi connectivity index (χ0) is 21.3. The average Bonchev–Trinajstić information content (AvgIpc) is 3.41. The number of hydrazine groups is 1. The van der Waals surface area contributed by atoms with Crippen molar-refractivity contribution in [3.05, 3.63) is 45.9 Å². The lowest BCUT2D eigenvalue weighted by Gasteiger charge is -2.11. The molecule has 160 valence electrons. The first kappa shape index (κ1) is 21.7. The molecule has 1 unspecified atom stereocenters. The number of thiazole rings is 1. The van der Waals surface area contributed by atoms with Gasteiger partial charge in [-0.15, -0.1) is 11.3 Å². The minimum atomic E-state index is -0.652. The predicted molar refractivity (Wildman–Crippen MR) is 108 cm³/mol. The summed E-state index contributed by atoms with van der Waals surface area (Å²) in [5.74, 6) is -1.09. The van der Waals surface area contributed by atoms with Crippen LogP contribution in [0.2, 0.25) is 0 Å². The van der Waals surface area contributed by atoms with Gasteiger partial charge in [0.05, 0.1) is 18.1 Å². The van der Waals surface area contributed by atoms with Gasteiger partial charge >= 0.3 is 5.97 Å². The van der Waals surface area contributed by atoms with Crippen molar-refractivity contribution in [3.63, 3.8) is 0 Å². The molecule has 1 atom stereocenters. The minimum absolute atomic E-state index is 0.0554. The fourth-order valence-electron chi connectivity index (χ4n) is 2.71. The second kappa shape index (κ2) is 10.7. The van der Waals surface area contributed by atoms with Crippen LogP contribution in [0.5, 0.6) is 5.75 Å². The fraction of sp³-hybridized carbons (Fsp3) is 0.400. The molecule has 3 rings (SSSR count). The van der Waals surface area contributed by atoms with Crippen molar-refractivity contribution in [1.29, 1.82) is 0 Å². The first-order valence-electron chi connectivity index (χ1n) is 9.50. The van der Waals surface area contributed by atoms with Crippen LogP contribution in [0.25, 0.3) is 0 Å². The zero-order valence-electron chi connectivity index (χ0n) is 16.5. The van der Waals surface area contributed by atoms with Crippen LogP contribution in [-0.4, -0.2) is 48.7 Å². The van der Waals surface area contributed by atoms with Gasteiger partial charge in [-0.05, 0) is 44.0 Å². The first-order valence-corrected chi connectivity index (χ1v) is 10.4. The molecule has 0 aliphatic carbocycles. The molecule has 1 fully saturated rings. The Bertz CT molecular complexity index is 877. The Balaban J connectivity index is 1.34. The summed E-state index contributed by atoms with van der Waals surface area (Å²) in [7, 11) is 0. The van der Waals surface area contributed by atoms with Crippen molar-refractivity contribution in [1.82, 2.24) is 15.8 Å². The molecule has 9 nitrogen and oxygen atoms in total. The molecule has 1 aromatic carbocycles. The van der Waals surface area contributed by atoms with Crippen LogP contribution < -0.4 is 15.6 Å². The molecule has 1 saturated heterocycles. The Morgan fingerprint density at radius 3 is 2.63 bits per heavy atom. The standard InChI is InChI=1S/C20H23N3O6S/c1-13-12-30-19(21-13)9-17(24)22-23-18(25)11-29-20(26)14-4-6-15(7-5-14)28-10-16-3-2-8-27-16/h4-7,12,16H,2-3,8-11H2,1H3,(H,22,24)(H,23,25). The van der Waals surface area contributed by atoms with E-state index in [2.05, 4.69) is 15.8 Å². The number of nitrogens with zero attached hydrogens (tertiary/aromatic N) is 1. The van der Waals surface area contributed by atoms with E-state index in [0.29, 0.717) is 17.4 Å². The van der Waals surface area contributed by atoms with Gasteiger partial charge in [0.15, 0.2) is 6.61 Å². The summed E-state index contributed by atoms with van der Waals surface area (Å²) in [6.45, 7) is 2.55. The van der Waals surface area contributed by atoms with Gasteiger partial charge in [0.25, 0.3) is 5.91 Å². The van der Waals surface area contributed by atoms with E-state index in [1.807, 2.05) is 12.3 Å². The third-order valence-electron chi connectivity index (χ3n) is 4.20. The Labute approximate surface area is 177 Å². The van der Waals surface area contributed by atoms with Crippen molar-refractivity contribution in [3.8, 4) is 5.75 Å². The third-order valence-corrected chi connectivity index (χ3v) is 5.17. The largest absolute Gasteiger partial charge is 0.491 e. The monoisotopic (exact) mass is 433 g/mol. The first-order chi connectivity index (χ1) is 14.5. The smallest absolute Gasteiger partial charge is 0.338 e. The van der Waals surface area contributed by atoms with Crippen molar-refractivity contribution >= 4 is 29.1 Å². The topological polar surface area (TPSA) is 116 Å². The highest BCUT2D eigenvalue weighted by Gasteiger charge is 2.16. The summed E-state index contributed by atoms with van der Waals surface area (Å²) >= 11 is 1.36. The number of aryl methyl sites for hydroxylation is 1. The molecule has 0 bridgehead atoms. The minimum Gasteiger partial charge on any atom is -0.491 e. The molecule has 2 heterocycles. The van der Waals surface area contributed by atoms with Crippen LogP contribution in [-0.2, 0) is 25.5 Å². The molecule has 30 heavy (non-hydrogen) atoms. The summed E-state index contributed by atoms with van der Waals surface area (Å²) in [5.41, 5.74) is 5.58. The Morgan fingerprint density at radius 1 is 1.20 bits per heavy atom.